The molecule has 1 aliphatic rings. The Morgan fingerprint density at radius 3 is 2.57 bits per heavy atom. The van der Waals surface area contributed by atoms with E-state index in [0.717, 1.165) is 49.1 Å². The van der Waals surface area contributed by atoms with Crippen LogP contribution in [-0.2, 0) is 24.2 Å². The van der Waals surface area contributed by atoms with E-state index in [4.69, 9.17) is 14.6 Å². The summed E-state index contributed by atoms with van der Waals surface area (Å²) in [6, 6.07) is 0. The van der Waals surface area contributed by atoms with E-state index in [9.17, 15) is 13.2 Å². The summed E-state index contributed by atoms with van der Waals surface area (Å²) in [5, 5.41) is 10.4. The zero-order valence-electron chi connectivity index (χ0n) is 15.5. The molecule has 2 aromatic heterocycles. The summed E-state index contributed by atoms with van der Waals surface area (Å²) in [4.78, 5) is 24.6. The van der Waals surface area contributed by atoms with Crippen LogP contribution in [0.3, 0.4) is 0 Å². The molecular weight excluding hydrogens is 397 g/mol. The van der Waals surface area contributed by atoms with Crippen molar-refractivity contribution in [3.8, 4) is 5.88 Å². The molecule has 0 saturated carbocycles. The molecule has 0 atom stereocenters. The van der Waals surface area contributed by atoms with Gasteiger partial charge in [0, 0.05) is 37.0 Å². The van der Waals surface area contributed by atoms with Gasteiger partial charge in [-0.2, -0.15) is 13.2 Å². The lowest BCUT2D eigenvalue weighted by Crippen LogP contribution is -2.26. The second-order valence-corrected chi connectivity index (χ2v) is 7.04. The van der Waals surface area contributed by atoms with Crippen LogP contribution in [0.2, 0.25) is 0 Å². The second-order valence-electron chi connectivity index (χ2n) is 5.97. The minimum absolute atomic E-state index is 0.644. The fourth-order valence-corrected chi connectivity index (χ4v) is 3.28. The molecule has 0 fully saturated rings. The van der Waals surface area contributed by atoms with Crippen molar-refractivity contribution in [2.75, 3.05) is 19.7 Å². The van der Waals surface area contributed by atoms with Gasteiger partial charge in [0.15, 0.2) is 0 Å². The monoisotopic (exact) mass is 418 g/mol. The van der Waals surface area contributed by atoms with Gasteiger partial charge in [0.05, 0.1) is 23.0 Å². The SMILES string of the molecule is CCOc1ncnc2c1CCN(Cc1csc(C)n1)CC2.O=C(O)C(F)(F)F. The van der Waals surface area contributed by atoms with Crippen LogP contribution in [0, 0.1) is 6.92 Å². The van der Waals surface area contributed by atoms with Crippen LogP contribution < -0.4 is 4.74 Å². The second kappa shape index (κ2) is 9.78. The summed E-state index contributed by atoms with van der Waals surface area (Å²) in [5.41, 5.74) is 3.47. The largest absolute Gasteiger partial charge is 0.490 e. The number of thiazole rings is 1. The molecule has 154 valence electrons. The van der Waals surface area contributed by atoms with Crippen molar-refractivity contribution in [1.82, 2.24) is 19.9 Å². The van der Waals surface area contributed by atoms with Crippen molar-refractivity contribution in [2.45, 2.75) is 39.4 Å². The Morgan fingerprint density at radius 1 is 1.32 bits per heavy atom. The van der Waals surface area contributed by atoms with E-state index in [0.29, 0.717) is 6.61 Å². The predicted molar refractivity (Wildman–Crippen MR) is 96.4 cm³/mol. The Balaban J connectivity index is 0.000000345. The topological polar surface area (TPSA) is 88.4 Å². The molecule has 1 N–H and O–H groups in total. The summed E-state index contributed by atoms with van der Waals surface area (Å²) in [6.45, 7) is 7.60. The molecule has 2 aromatic rings. The third-order valence-electron chi connectivity index (χ3n) is 3.91. The van der Waals surface area contributed by atoms with Gasteiger partial charge in [-0.1, -0.05) is 0 Å². The minimum Gasteiger partial charge on any atom is -0.478 e. The highest BCUT2D eigenvalue weighted by Gasteiger charge is 2.38. The highest BCUT2D eigenvalue weighted by molar-refractivity contribution is 7.09. The minimum atomic E-state index is -5.08. The molecule has 3 rings (SSSR count). The Bertz CT molecular complexity index is 798. The number of carboxylic acid groups (broad SMARTS) is 1. The number of aryl methyl sites for hydroxylation is 1. The molecule has 3 heterocycles. The average Bonchev–Trinajstić information content (AvgIpc) is 2.91. The lowest BCUT2D eigenvalue weighted by molar-refractivity contribution is -0.192. The van der Waals surface area contributed by atoms with Crippen LogP contribution in [0.1, 0.15) is 28.9 Å². The molecule has 7 nitrogen and oxygen atoms in total. The smallest absolute Gasteiger partial charge is 0.478 e. The van der Waals surface area contributed by atoms with E-state index in [1.54, 1.807) is 17.7 Å². The van der Waals surface area contributed by atoms with Crippen LogP contribution in [-0.4, -0.2) is 56.8 Å². The number of carbonyl (C=O) groups is 1. The van der Waals surface area contributed by atoms with Gasteiger partial charge in [-0.25, -0.2) is 19.7 Å². The molecular formula is C17H21F3N4O3S. The number of carboxylic acids is 1. The summed E-state index contributed by atoms with van der Waals surface area (Å²) in [7, 11) is 0. The van der Waals surface area contributed by atoms with Crippen molar-refractivity contribution in [2.24, 2.45) is 0 Å². The molecule has 0 aromatic carbocycles. The van der Waals surface area contributed by atoms with Crippen molar-refractivity contribution >= 4 is 17.3 Å². The Labute approximate surface area is 164 Å². The third kappa shape index (κ3) is 6.41. The van der Waals surface area contributed by atoms with Crippen molar-refractivity contribution in [1.29, 1.82) is 0 Å². The van der Waals surface area contributed by atoms with Crippen molar-refractivity contribution in [3.63, 3.8) is 0 Å². The van der Waals surface area contributed by atoms with Crippen LogP contribution >= 0.6 is 11.3 Å². The Hall–Kier alpha value is -2.27. The molecule has 0 bridgehead atoms. The molecule has 1 aliphatic heterocycles. The number of halogens is 3. The molecule has 0 radical (unpaired) electrons. The van der Waals surface area contributed by atoms with Gasteiger partial charge < -0.3 is 9.84 Å². The van der Waals surface area contributed by atoms with E-state index in [1.165, 1.54) is 11.3 Å². The van der Waals surface area contributed by atoms with Crippen LogP contribution in [0.25, 0.3) is 0 Å². The number of aliphatic carboxylic acids is 1. The fourth-order valence-electron chi connectivity index (χ4n) is 2.67. The Morgan fingerprint density at radius 2 is 2.00 bits per heavy atom. The lowest BCUT2D eigenvalue weighted by atomic mass is 10.1. The highest BCUT2D eigenvalue weighted by Crippen LogP contribution is 2.23. The van der Waals surface area contributed by atoms with Crippen molar-refractivity contribution < 1.29 is 27.8 Å². The first kappa shape index (κ1) is 22.0. The number of hydrogen-bond acceptors (Lipinski definition) is 7. The lowest BCUT2D eigenvalue weighted by Gasteiger charge is -2.18. The van der Waals surface area contributed by atoms with Crippen LogP contribution in [0.15, 0.2) is 11.7 Å². The molecule has 0 spiro atoms. The number of rotatable bonds is 4. The standard InChI is InChI=1S/C15H20N4OS.C2HF3O2/c1-3-20-15-13-4-6-19(7-5-14(13)16-10-17-15)8-12-9-21-11(2)18-12;3-2(4,5)1(6)7/h9-10H,3-8H2,1-2H3;(H,6,7). The molecule has 0 unspecified atom stereocenters. The van der Waals surface area contributed by atoms with Crippen molar-refractivity contribution in [3.05, 3.63) is 33.7 Å². The number of alkyl halides is 3. The van der Waals surface area contributed by atoms with Gasteiger partial charge >= 0.3 is 12.1 Å². The number of fused-ring (bicyclic) bond motifs is 1. The molecule has 0 amide bonds. The zero-order valence-corrected chi connectivity index (χ0v) is 16.3. The van der Waals surface area contributed by atoms with E-state index in [-0.39, 0.29) is 0 Å². The van der Waals surface area contributed by atoms with E-state index in [1.807, 2.05) is 6.92 Å². The van der Waals surface area contributed by atoms with Gasteiger partial charge in [-0.05, 0) is 20.3 Å². The summed E-state index contributed by atoms with van der Waals surface area (Å²) in [5.74, 6) is -2.00. The third-order valence-corrected chi connectivity index (χ3v) is 4.74. The van der Waals surface area contributed by atoms with Crippen LogP contribution in [0.4, 0.5) is 13.2 Å². The zero-order chi connectivity index (χ0) is 20.7. The summed E-state index contributed by atoms with van der Waals surface area (Å²) < 4.78 is 37.4. The van der Waals surface area contributed by atoms with E-state index < -0.39 is 12.1 Å². The van der Waals surface area contributed by atoms with Gasteiger partial charge in [0.1, 0.15) is 6.33 Å². The highest BCUT2D eigenvalue weighted by atomic mass is 32.1. The average molecular weight is 418 g/mol. The normalized spacial score (nSPS) is 14.5. The van der Waals surface area contributed by atoms with Gasteiger partial charge in [-0.3, -0.25) is 4.90 Å². The molecule has 0 aliphatic carbocycles. The maximum Gasteiger partial charge on any atom is 0.490 e. The first-order chi connectivity index (χ1) is 13.2. The molecule has 28 heavy (non-hydrogen) atoms. The quantitative estimate of drug-likeness (QED) is 0.817. The maximum absolute atomic E-state index is 10.6. The number of nitrogens with zero attached hydrogens (tertiary/aromatic N) is 4. The summed E-state index contributed by atoms with van der Waals surface area (Å²) >= 11 is 1.71. The summed E-state index contributed by atoms with van der Waals surface area (Å²) in [6.07, 6.45) is -1.58. The Kier molecular flexibility index (Phi) is 7.69. The predicted octanol–water partition coefficient (Wildman–Crippen LogP) is 2.87. The van der Waals surface area contributed by atoms with Gasteiger partial charge in [0.25, 0.3) is 0 Å². The maximum atomic E-state index is 10.6. The van der Waals surface area contributed by atoms with Gasteiger partial charge in [-0.15, -0.1) is 11.3 Å². The van der Waals surface area contributed by atoms with E-state index >= 15 is 0 Å². The molecule has 11 heteroatoms. The first-order valence-corrected chi connectivity index (χ1v) is 9.47. The van der Waals surface area contributed by atoms with Crippen LogP contribution in [0.5, 0.6) is 5.88 Å². The fraction of sp³-hybridized carbons (Fsp3) is 0.529. The first-order valence-electron chi connectivity index (χ1n) is 8.59. The van der Waals surface area contributed by atoms with E-state index in [2.05, 4.69) is 32.2 Å². The van der Waals surface area contributed by atoms with Gasteiger partial charge in [0.2, 0.25) is 5.88 Å². The number of aromatic nitrogens is 3. The molecule has 0 saturated heterocycles. The number of ether oxygens (including phenoxy) is 1. The number of hydrogen-bond donors (Lipinski definition) is 1.